The Morgan fingerprint density at radius 3 is 2.38 bits per heavy atom. The molecule has 1 heterocycles. The Morgan fingerprint density at radius 2 is 1.90 bits per heavy atom. The van der Waals surface area contributed by atoms with E-state index >= 15 is 0 Å². The normalized spacial score (nSPS) is 17.9. The molecule has 1 aromatic rings. The van der Waals surface area contributed by atoms with E-state index in [1.807, 2.05) is 0 Å². The van der Waals surface area contributed by atoms with Crippen molar-refractivity contribution in [2.24, 2.45) is 0 Å². The van der Waals surface area contributed by atoms with E-state index in [0.29, 0.717) is 3.79 Å². The Labute approximate surface area is 137 Å². The fourth-order valence-electron chi connectivity index (χ4n) is 2.61. The third-order valence-electron chi connectivity index (χ3n) is 3.86. The predicted molar refractivity (Wildman–Crippen MR) is 85.4 cm³/mol. The molecular weight excluding hydrogens is 378 g/mol. The summed E-state index contributed by atoms with van der Waals surface area (Å²) in [5, 5.41) is 8.99. The third kappa shape index (κ3) is 3.67. The Bertz CT molecular complexity index is 618. The molecule has 0 radical (unpaired) electrons. The average molecular weight is 396 g/mol. The monoisotopic (exact) mass is 395 g/mol. The van der Waals surface area contributed by atoms with E-state index in [0.717, 1.165) is 49.9 Å². The molecule has 1 aliphatic rings. The topological polar surface area (TPSA) is 74.7 Å². The summed E-state index contributed by atoms with van der Waals surface area (Å²) < 4.78 is 27.2. The summed E-state index contributed by atoms with van der Waals surface area (Å²) in [5.41, 5.74) is 0. The molecule has 0 bridgehead atoms. The quantitative estimate of drug-likeness (QED) is 0.790. The standard InChI is InChI=1S/C13H18BrNO4S2/c1-15(9-6-4-2-3-5-7-9)21(18,19)11-8-10(13(16)17)20-12(11)14/h8-9H,2-7H2,1H3,(H,16,17). The number of carboxylic acids is 1. The van der Waals surface area contributed by atoms with Gasteiger partial charge in [0.15, 0.2) is 0 Å². The summed E-state index contributed by atoms with van der Waals surface area (Å²) in [6, 6.07) is 1.23. The van der Waals surface area contributed by atoms with E-state index in [-0.39, 0.29) is 15.8 Å². The zero-order chi connectivity index (χ0) is 15.6. The number of aromatic carboxylic acids is 1. The molecule has 0 saturated heterocycles. The zero-order valence-electron chi connectivity index (χ0n) is 11.7. The van der Waals surface area contributed by atoms with E-state index in [9.17, 15) is 13.2 Å². The maximum absolute atomic E-state index is 12.7. The second kappa shape index (κ2) is 6.76. The summed E-state index contributed by atoms with van der Waals surface area (Å²) in [4.78, 5) is 11.1. The van der Waals surface area contributed by atoms with Crippen LogP contribution in [0.1, 0.15) is 48.2 Å². The van der Waals surface area contributed by atoms with E-state index in [1.165, 1.54) is 10.4 Å². The number of hydrogen-bond donors (Lipinski definition) is 1. The summed E-state index contributed by atoms with van der Waals surface area (Å²) >= 11 is 4.11. The molecule has 1 aromatic heterocycles. The number of thiophene rings is 1. The molecule has 118 valence electrons. The molecule has 2 rings (SSSR count). The first kappa shape index (κ1) is 16.9. The lowest BCUT2D eigenvalue weighted by molar-refractivity contribution is 0.0702. The number of carboxylic acid groups (broad SMARTS) is 1. The predicted octanol–water partition coefficient (Wildman–Crippen LogP) is 3.55. The van der Waals surface area contributed by atoms with Crippen molar-refractivity contribution in [3.63, 3.8) is 0 Å². The van der Waals surface area contributed by atoms with Crippen molar-refractivity contribution in [2.45, 2.75) is 49.5 Å². The number of halogens is 1. The van der Waals surface area contributed by atoms with Gasteiger partial charge in [0.2, 0.25) is 10.0 Å². The molecule has 0 unspecified atom stereocenters. The first-order chi connectivity index (χ1) is 9.84. The molecule has 0 aliphatic heterocycles. The highest BCUT2D eigenvalue weighted by atomic mass is 79.9. The van der Waals surface area contributed by atoms with Crippen molar-refractivity contribution in [3.8, 4) is 0 Å². The van der Waals surface area contributed by atoms with Gasteiger partial charge >= 0.3 is 5.97 Å². The van der Waals surface area contributed by atoms with Gasteiger partial charge in [-0.3, -0.25) is 0 Å². The van der Waals surface area contributed by atoms with Gasteiger partial charge in [0.1, 0.15) is 9.77 Å². The van der Waals surface area contributed by atoms with Crippen LogP contribution in [-0.2, 0) is 10.0 Å². The molecule has 1 aliphatic carbocycles. The Hall–Kier alpha value is -0.440. The molecule has 8 heteroatoms. The molecule has 1 fully saturated rings. The van der Waals surface area contributed by atoms with Crippen molar-refractivity contribution in [2.75, 3.05) is 7.05 Å². The van der Waals surface area contributed by atoms with Crippen LogP contribution in [0.5, 0.6) is 0 Å². The number of rotatable bonds is 4. The zero-order valence-corrected chi connectivity index (χ0v) is 14.9. The molecule has 5 nitrogen and oxygen atoms in total. The molecular formula is C13H18BrNO4S2. The highest BCUT2D eigenvalue weighted by Crippen LogP contribution is 2.35. The minimum atomic E-state index is -3.66. The van der Waals surface area contributed by atoms with Gasteiger partial charge in [-0.25, -0.2) is 13.2 Å². The third-order valence-corrected chi connectivity index (χ3v) is 8.01. The van der Waals surface area contributed by atoms with Crippen LogP contribution in [0.15, 0.2) is 14.7 Å². The Balaban J connectivity index is 2.30. The minimum absolute atomic E-state index is 0.00224. The Morgan fingerprint density at radius 1 is 1.33 bits per heavy atom. The number of hydrogen-bond acceptors (Lipinski definition) is 4. The number of sulfonamides is 1. The largest absolute Gasteiger partial charge is 0.477 e. The van der Waals surface area contributed by atoms with Gasteiger partial charge in [0, 0.05) is 13.1 Å². The summed E-state index contributed by atoms with van der Waals surface area (Å²) in [5.74, 6) is -1.11. The van der Waals surface area contributed by atoms with Crippen LogP contribution in [-0.4, -0.2) is 36.9 Å². The van der Waals surface area contributed by atoms with E-state index in [1.54, 1.807) is 7.05 Å². The second-order valence-electron chi connectivity index (χ2n) is 5.22. The SMILES string of the molecule is CN(C1CCCCCC1)S(=O)(=O)c1cc(C(=O)O)sc1Br. The molecule has 0 spiro atoms. The van der Waals surface area contributed by atoms with Gasteiger partial charge < -0.3 is 5.11 Å². The maximum atomic E-state index is 12.7. The van der Waals surface area contributed by atoms with E-state index < -0.39 is 16.0 Å². The fourth-order valence-corrected chi connectivity index (χ4v) is 6.37. The van der Waals surface area contributed by atoms with Crippen LogP contribution < -0.4 is 0 Å². The fraction of sp³-hybridized carbons (Fsp3) is 0.615. The van der Waals surface area contributed by atoms with Crippen molar-refractivity contribution in [1.29, 1.82) is 0 Å². The van der Waals surface area contributed by atoms with Crippen molar-refractivity contribution in [3.05, 3.63) is 14.7 Å². The van der Waals surface area contributed by atoms with Crippen LogP contribution in [0.4, 0.5) is 0 Å². The van der Waals surface area contributed by atoms with Gasteiger partial charge in [0.25, 0.3) is 0 Å². The summed E-state index contributed by atoms with van der Waals surface area (Å²) in [6.07, 6.45) is 6.10. The summed E-state index contributed by atoms with van der Waals surface area (Å²) in [6.45, 7) is 0. The van der Waals surface area contributed by atoms with Gasteiger partial charge in [0.05, 0.1) is 3.79 Å². The highest BCUT2D eigenvalue weighted by Gasteiger charge is 2.31. The van der Waals surface area contributed by atoms with Crippen LogP contribution in [0, 0.1) is 0 Å². The van der Waals surface area contributed by atoms with Crippen LogP contribution in [0.3, 0.4) is 0 Å². The highest BCUT2D eigenvalue weighted by molar-refractivity contribution is 9.11. The first-order valence-corrected chi connectivity index (χ1v) is 9.89. The van der Waals surface area contributed by atoms with Gasteiger partial charge in [-0.15, -0.1) is 11.3 Å². The van der Waals surface area contributed by atoms with E-state index in [2.05, 4.69) is 15.9 Å². The molecule has 0 amide bonds. The number of nitrogens with zero attached hydrogens (tertiary/aromatic N) is 1. The number of carbonyl (C=O) groups is 1. The minimum Gasteiger partial charge on any atom is -0.477 e. The van der Waals surface area contributed by atoms with Crippen LogP contribution >= 0.6 is 27.3 Å². The molecule has 21 heavy (non-hydrogen) atoms. The molecule has 0 atom stereocenters. The van der Waals surface area contributed by atoms with Crippen LogP contribution in [0.2, 0.25) is 0 Å². The first-order valence-electron chi connectivity index (χ1n) is 6.84. The van der Waals surface area contributed by atoms with Gasteiger partial charge in [-0.1, -0.05) is 25.7 Å². The summed E-state index contributed by atoms with van der Waals surface area (Å²) in [7, 11) is -2.07. The molecule has 1 N–H and O–H groups in total. The van der Waals surface area contributed by atoms with E-state index in [4.69, 9.17) is 5.11 Å². The maximum Gasteiger partial charge on any atom is 0.345 e. The molecule has 0 aromatic carbocycles. The van der Waals surface area contributed by atoms with Gasteiger partial charge in [-0.05, 0) is 34.8 Å². The van der Waals surface area contributed by atoms with Crippen LogP contribution in [0.25, 0.3) is 0 Å². The van der Waals surface area contributed by atoms with Crippen molar-refractivity contribution >= 4 is 43.3 Å². The lowest BCUT2D eigenvalue weighted by atomic mass is 10.1. The van der Waals surface area contributed by atoms with Crippen molar-refractivity contribution in [1.82, 2.24) is 4.31 Å². The molecule has 1 saturated carbocycles. The smallest absolute Gasteiger partial charge is 0.345 e. The van der Waals surface area contributed by atoms with Gasteiger partial charge in [-0.2, -0.15) is 4.31 Å². The second-order valence-corrected chi connectivity index (χ2v) is 9.56. The lowest BCUT2D eigenvalue weighted by Crippen LogP contribution is -2.36. The van der Waals surface area contributed by atoms with Crippen molar-refractivity contribution < 1.29 is 18.3 Å². The Kier molecular flexibility index (Phi) is 5.45. The average Bonchev–Trinajstić information content (AvgIpc) is 2.65. The lowest BCUT2D eigenvalue weighted by Gasteiger charge is -2.26.